The van der Waals surface area contributed by atoms with E-state index >= 15 is 0 Å². The zero-order chi connectivity index (χ0) is 19.5. The van der Waals surface area contributed by atoms with Crippen LogP contribution in [0.25, 0.3) is 0 Å². The first-order valence-electron chi connectivity index (χ1n) is 8.08. The molecule has 1 aromatic heterocycles. The third-order valence-corrected chi connectivity index (χ3v) is 7.39. The lowest BCUT2D eigenvalue weighted by Crippen LogP contribution is -2.43. The Bertz CT molecular complexity index is 858. The fourth-order valence-electron chi connectivity index (χ4n) is 2.53. The van der Waals surface area contributed by atoms with Gasteiger partial charge in [-0.15, -0.1) is 11.3 Å². The quantitative estimate of drug-likeness (QED) is 0.778. The molecular formula is C18H23ClN2O3S2. The molecule has 0 fully saturated rings. The fraction of sp³-hybridized carbons (Fsp3) is 0.389. The summed E-state index contributed by atoms with van der Waals surface area (Å²) in [6.07, 6.45) is 0. The van der Waals surface area contributed by atoms with Crippen LogP contribution >= 0.6 is 22.9 Å². The summed E-state index contributed by atoms with van der Waals surface area (Å²) in [5.74, 6) is -0.359. The molecule has 1 atom stereocenters. The number of hydrogen-bond acceptors (Lipinski definition) is 4. The summed E-state index contributed by atoms with van der Waals surface area (Å²) >= 11 is 6.79. The second-order valence-electron chi connectivity index (χ2n) is 7.10. The van der Waals surface area contributed by atoms with Crippen molar-refractivity contribution < 1.29 is 13.2 Å². The van der Waals surface area contributed by atoms with Crippen LogP contribution in [0.3, 0.4) is 0 Å². The minimum Gasteiger partial charge on any atom is -0.348 e. The van der Waals surface area contributed by atoms with Crippen molar-refractivity contribution in [2.24, 2.45) is 5.41 Å². The molecule has 0 aliphatic carbocycles. The van der Waals surface area contributed by atoms with Gasteiger partial charge in [0.25, 0.3) is 10.0 Å². The lowest BCUT2D eigenvalue weighted by atomic mass is 9.82. The average molecular weight is 415 g/mol. The van der Waals surface area contributed by atoms with Gasteiger partial charge in [-0.05, 0) is 23.1 Å². The van der Waals surface area contributed by atoms with Crippen molar-refractivity contribution in [1.29, 1.82) is 0 Å². The third kappa shape index (κ3) is 5.07. The van der Waals surface area contributed by atoms with Gasteiger partial charge in [-0.1, -0.05) is 62.7 Å². The number of rotatable bonds is 6. The maximum atomic E-state index is 12.5. The van der Waals surface area contributed by atoms with Crippen LogP contribution in [-0.2, 0) is 14.8 Å². The summed E-state index contributed by atoms with van der Waals surface area (Å²) in [5, 5.41) is 2.97. The summed E-state index contributed by atoms with van der Waals surface area (Å²) < 4.78 is 26.6. The summed E-state index contributed by atoms with van der Waals surface area (Å²) in [5.41, 5.74) is 0.749. The molecule has 8 heteroatoms. The molecule has 0 saturated carbocycles. The second kappa shape index (κ2) is 8.08. The highest BCUT2D eigenvalue weighted by Crippen LogP contribution is 2.32. The molecule has 0 bridgehead atoms. The first-order chi connectivity index (χ1) is 12.0. The van der Waals surface area contributed by atoms with Crippen LogP contribution < -0.4 is 5.32 Å². The molecule has 1 amide bonds. The van der Waals surface area contributed by atoms with Crippen molar-refractivity contribution >= 4 is 38.9 Å². The van der Waals surface area contributed by atoms with Gasteiger partial charge in [0.15, 0.2) is 0 Å². The van der Waals surface area contributed by atoms with E-state index < -0.39 is 10.0 Å². The van der Waals surface area contributed by atoms with Gasteiger partial charge in [-0.3, -0.25) is 4.79 Å². The Morgan fingerprint density at radius 2 is 1.81 bits per heavy atom. The lowest BCUT2D eigenvalue weighted by Gasteiger charge is -2.32. The molecule has 1 unspecified atom stereocenters. The number of nitrogens with one attached hydrogen (secondary N) is 1. The normalized spacial score (nSPS) is 13.6. The average Bonchev–Trinajstić information content (AvgIpc) is 2.99. The van der Waals surface area contributed by atoms with Crippen molar-refractivity contribution in [3.8, 4) is 0 Å². The highest BCUT2D eigenvalue weighted by atomic mass is 35.5. The number of halogens is 1. The molecule has 0 aliphatic rings. The van der Waals surface area contributed by atoms with Crippen molar-refractivity contribution in [1.82, 2.24) is 9.62 Å². The smallest absolute Gasteiger partial charge is 0.252 e. The summed E-state index contributed by atoms with van der Waals surface area (Å²) in [7, 11) is -2.36. The molecule has 0 radical (unpaired) electrons. The van der Waals surface area contributed by atoms with Gasteiger partial charge in [0.2, 0.25) is 5.91 Å². The molecule has 5 nitrogen and oxygen atoms in total. The number of amides is 1. The van der Waals surface area contributed by atoms with Gasteiger partial charge in [-0.25, -0.2) is 8.42 Å². The Hall–Kier alpha value is -1.41. The molecule has 0 saturated heterocycles. The van der Waals surface area contributed by atoms with Crippen LogP contribution in [0.5, 0.6) is 0 Å². The van der Waals surface area contributed by atoms with E-state index in [2.05, 4.69) is 5.32 Å². The maximum Gasteiger partial charge on any atom is 0.252 e. The monoisotopic (exact) mass is 414 g/mol. The standard InChI is InChI=1S/C18H23ClN2O3S2/c1-18(2,3)17(13-8-6-5-7-9-13)20-15(22)12-21(4)26(23,24)16-11-10-14(19)25-16/h5-11,17H,12H2,1-4H3,(H,20,22). The van der Waals surface area contributed by atoms with Crippen molar-refractivity contribution in [2.45, 2.75) is 31.0 Å². The number of hydrogen-bond donors (Lipinski definition) is 1. The Morgan fingerprint density at radius 1 is 1.19 bits per heavy atom. The maximum absolute atomic E-state index is 12.5. The predicted octanol–water partition coefficient (Wildman–Crippen LogP) is 3.93. The molecule has 0 spiro atoms. The number of benzene rings is 1. The minimum absolute atomic E-state index is 0.119. The Balaban J connectivity index is 2.13. The van der Waals surface area contributed by atoms with E-state index in [0.717, 1.165) is 21.2 Å². The molecule has 26 heavy (non-hydrogen) atoms. The van der Waals surface area contributed by atoms with E-state index in [1.165, 1.54) is 19.2 Å². The number of carbonyl (C=O) groups is 1. The molecule has 142 valence electrons. The van der Waals surface area contributed by atoms with Gasteiger partial charge in [-0.2, -0.15) is 4.31 Å². The zero-order valence-electron chi connectivity index (χ0n) is 15.2. The number of sulfonamides is 1. The van der Waals surface area contributed by atoms with Crippen LogP contribution in [0.15, 0.2) is 46.7 Å². The Kier molecular flexibility index (Phi) is 6.50. The Labute approximate surface area is 164 Å². The van der Waals surface area contributed by atoms with Crippen molar-refractivity contribution in [3.05, 3.63) is 52.4 Å². The molecule has 1 N–H and O–H groups in total. The van der Waals surface area contributed by atoms with Crippen LogP contribution in [-0.4, -0.2) is 32.2 Å². The van der Waals surface area contributed by atoms with Gasteiger partial charge in [0.05, 0.1) is 16.9 Å². The molecule has 0 aliphatic heterocycles. The fourth-order valence-corrected chi connectivity index (χ4v) is 5.35. The van der Waals surface area contributed by atoms with E-state index in [0.29, 0.717) is 4.34 Å². The topological polar surface area (TPSA) is 66.5 Å². The first kappa shape index (κ1) is 20.9. The van der Waals surface area contributed by atoms with Crippen LogP contribution in [0.4, 0.5) is 0 Å². The highest BCUT2D eigenvalue weighted by Gasteiger charge is 2.30. The van der Waals surface area contributed by atoms with Crippen LogP contribution in [0.2, 0.25) is 4.34 Å². The largest absolute Gasteiger partial charge is 0.348 e. The SMILES string of the molecule is CN(CC(=O)NC(c1ccccc1)C(C)(C)C)S(=O)(=O)c1ccc(Cl)s1. The van der Waals surface area contributed by atoms with Crippen molar-refractivity contribution in [3.63, 3.8) is 0 Å². The van der Waals surface area contributed by atoms with E-state index in [-0.39, 0.29) is 28.1 Å². The van der Waals surface area contributed by atoms with E-state index in [9.17, 15) is 13.2 Å². The van der Waals surface area contributed by atoms with E-state index in [1.54, 1.807) is 0 Å². The number of nitrogens with zero attached hydrogens (tertiary/aromatic N) is 1. The molecule has 2 rings (SSSR count). The van der Waals surface area contributed by atoms with Gasteiger partial charge in [0.1, 0.15) is 4.21 Å². The third-order valence-electron chi connectivity index (χ3n) is 3.88. The van der Waals surface area contributed by atoms with E-state index in [1.807, 2.05) is 51.1 Å². The molecule has 2 aromatic rings. The Morgan fingerprint density at radius 3 is 2.31 bits per heavy atom. The molecular weight excluding hydrogens is 392 g/mol. The predicted molar refractivity (Wildman–Crippen MR) is 106 cm³/mol. The number of thiophene rings is 1. The number of carbonyl (C=O) groups excluding carboxylic acids is 1. The van der Waals surface area contributed by atoms with Gasteiger partial charge >= 0.3 is 0 Å². The lowest BCUT2D eigenvalue weighted by molar-refractivity contribution is -0.122. The minimum atomic E-state index is -3.74. The first-order valence-corrected chi connectivity index (χ1v) is 10.7. The highest BCUT2D eigenvalue weighted by molar-refractivity contribution is 7.91. The van der Waals surface area contributed by atoms with Gasteiger partial charge < -0.3 is 5.32 Å². The summed E-state index contributed by atoms with van der Waals surface area (Å²) in [6, 6.07) is 12.4. The number of likely N-dealkylation sites (N-methyl/N-ethyl adjacent to an activating group) is 1. The second-order valence-corrected chi connectivity index (χ2v) is 11.1. The van der Waals surface area contributed by atoms with Crippen molar-refractivity contribution in [2.75, 3.05) is 13.6 Å². The molecule has 1 heterocycles. The van der Waals surface area contributed by atoms with Crippen LogP contribution in [0, 0.1) is 5.41 Å². The van der Waals surface area contributed by atoms with Gasteiger partial charge in [0, 0.05) is 7.05 Å². The van der Waals surface area contributed by atoms with E-state index in [4.69, 9.17) is 11.6 Å². The zero-order valence-corrected chi connectivity index (χ0v) is 17.6. The molecule has 1 aromatic carbocycles. The summed E-state index contributed by atoms with van der Waals surface area (Å²) in [4.78, 5) is 12.5. The van der Waals surface area contributed by atoms with Crippen LogP contribution in [0.1, 0.15) is 32.4 Å². The summed E-state index contributed by atoms with van der Waals surface area (Å²) in [6.45, 7) is 5.81.